The molecule has 1 saturated heterocycles. The van der Waals surface area contributed by atoms with Crippen molar-refractivity contribution in [1.82, 2.24) is 9.78 Å². The van der Waals surface area contributed by atoms with Gasteiger partial charge in [-0.05, 0) is 104 Å². The van der Waals surface area contributed by atoms with Gasteiger partial charge < -0.3 is 28.4 Å². The van der Waals surface area contributed by atoms with E-state index < -0.39 is 76.2 Å². The molecule has 0 spiro atoms. The molecule has 0 aromatic carbocycles. The van der Waals surface area contributed by atoms with Crippen LogP contribution in [0.15, 0.2) is 6.07 Å². The summed E-state index contributed by atoms with van der Waals surface area (Å²) in [6.07, 6.45) is -6.72. The summed E-state index contributed by atoms with van der Waals surface area (Å²) in [5.41, 5.74) is -2.94. The van der Waals surface area contributed by atoms with Crippen LogP contribution in [0, 0.1) is 28.6 Å². The highest BCUT2D eigenvalue weighted by atomic mass is 16.7. The highest BCUT2D eigenvalue weighted by Gasteiger charge is 2.55. The Hall–Kier alpha value is -3.15. The minimum Gasteiger partial charge on any atom is -0.462 e. The van der Waals surface area contributed by atoms with E-state index in [0.29, 0.717) is 0 Å². The zero-order chi connectivity index (χ0) is 34.9. The summed E-state index contributed by atoms with van der Waals surface area (Å²) in [4.78, 5) is 52.8. The van der Waals surface area contributed by atoms with Crippen LogP contribution in [0.5, 0.6) is 5.88 Å². The molecule has 1 aliphatic rings. The summed E-state index contributed by atoms with van der Waals surface area (Å²) in [6, 6.07) is 1.72. The van der Waals surface area contributed by atoms with Gasteiger partial charge in [-0.2, -0.15) is 0 Å². The van der Waals surface area contributed by atoms with Gasteiger partial charge in [0.25, 0.3) is 0 Å². The third-order valence-electron chi connectivity index (χ3n) is 6.77. The molecule has 0 amide bonds. The lowest BCUT2D eigenvalue weighted by Crippen LogP contribution is -2.65. The quantitative estimate of drug-likeness (QED) is 0.269. The Kier molecular flexibility index (Phi) is 11.6. The average Bonchev–Trinajstić information content (AvgIpc) is 3.23. The number of rotatable bonds is 8. The normalized spacial score (nSPS) is 22.9. The number of carbonyl (C=O) groups excluding carboxylic acids is 4. The number of hydrogen-bond donors (Lipinski definition) is 0. The summed E-state index contributed by atoms with van der Waals surface area (Å²) in [5, 5.41) is 4.52. The molecule has 1 fully saturated rings. The molecule has 0 radical (unpaired) electrons. The van der Waals surface area contributed by atoms with E-state index in [2.05, 4.69) is 5.10 Å². The molecule has 2 heterocycles. The van der Waals surface area contributed by atoms with E-state index in [4.69, 9.17) is 28.4 Å². The maximum absolute atomic E-state index is 13.4. The van der Waals surface area contributed by atoms with Crippen LogP contribution in [-0.2, 0) is 42.9 Å². The molecule has 0 bridgehead atoms. The Balaban J connectivity index is 2.74. The predicted molar refractivity (Wildman–Crippen MR) is 165 cm³/mol. The minimum atomic E-state index is -1.40. The van der Waals surface area contributed by atoms with Crippen LogP contribution in [-0.4, -0.2) is 71.0 Å². The first-order valence-corrected chi connectivity index (χ1v) is 15.4. The highest BCUT2D eigenvalue weighted by Crippen LogP contribution is 2.35. The number of nitrogens with zero attached hydrogens (tertiary/aromatic N) is 2. The molecule has 5 atom stereocenters. The molecule has 1 aromatic heterocycles. The van der Waals surface area contributed by atoms with Gasteiger partial charge in [0.05, 0.1) is 21.7 Å². The smallest absolute Gasteiger partial charge is 0.311 e. The number of carbonyl (C=O) groups is 4. The lowest BCUT2D eigenvalue weighted by molar-refractivity contribution is -0.294. The van der Waals surface area contributed by atoms with Gasteiger partial charge >= 0.3 is 23.9 Å². The van der Waals surface area contributed by atoms with E-state index in [1.165, 1.54) is 0 Å². The Morgan fingerprint density at radius 3 is 1.56 bits per heavy atom. The number of aryl methyl sites for hydroxylation is 1. The third kappa shape index (κ3) is 10.2. The first-order chi connectivity index (χ1) is 20.2. The van der Waals surface area contributed by atoms with Gasteiger partial charge in [-0.15, -0.1) is 5.10 Å². The Bertz CT molecular complexity index is 1220. The van der Waals surface area contributed by atoms with Gasteiger partial charge in [0, 0.05) is 17.8 Å². The lowest BCUT2D eigenvalue weighted by Gasteiger charge is -2.45. The van der Waals surface area contributed by atoms with Crippen molar-refractivity contribution >= 4 is 23.9 Å². The summed E-state index contributed by atoms with van der Waals surface area (Å²) in [6.45, 7) is 25.5. The fraction of sp³-hybridized carbons (Fsp3) is 0.788. The van der Waals surface area contributed by atoms with Crippen LogP contribution in [0.3, 0.4) is 0 Å². The second-order valence-corrected chi connectivity index (χ2v) is 16.0. The Morgan fingerprint density at radius 1 is 0.733 bits per heavy atom. The van der Waals surface area contributed by atoms with Crippen molar-refractivity contribution in [2.24, 2.45) is 21.7 Å². The zero-order valence-electron chi connectivity index (χ0n) is 29.7. The van der Waals surface area contributed by atoms with Gasteiger partial charge in [-0.25, -0.2) is 0 Å². The van der Waals surface area contributed by atoms with Gasteiger partial charge in [0.1, 0.15) is 12.7 Å². The fourth-order valence-electron chi connectivity index (χ4n) is 3.94. The minimum absolute atomic E-state index is 0.0235. The van der Waals surface area contributed by atoms with Gasteiger partial charge in [0.2, 0.25) is 18.3 Å². The van der Waals surface area contributed by atoms with Gasteiger partial charge in [-0.3, -0.25) is 23.9 Å². The highest BCUT2D eigenvalue weighted by molar-refractivity contribution is 5.78. The molecular weight excluding hydrogens is 584 g/mol. The molecule has 1 aliphatic heterocycles. The van der Waals surface area contributed by atoms with Crippen molar-refractivity contribution < 1.29 is 47.6 Å². The van der Waals surface area contributed by atoms with Crippen LogP contribution in [0.25, 0.3) is 0 Å². The largest absolute Gasteiger partial charge is 0.462 e. The molecule has 0 aliphatic carbocycles. The predicted octanol–water partition coefficient (Wildman–Crippen LogP) is 5.34. The van der Waals surface area contributed by atoms with E-state index in [9.17, 15) is 19.2 Å². The molecule has 1 aromatic rings. The van der Waals surface area contributed by atoms with Crippen LogP contribution in [0.2, 0.25) is 0 Å². The maximum atomic E-state index is 13.4. The molecule has 256 valence electrons. The van der Waals surface area contributed by atoms with Crippen LogP contribution in [0.1, 0.15) is 109 Å². The van der Waals surface area contributed by atoms with E-state index in [1.54, 1.807) is 93.8 Å². The number of aromatic nitrogens is 2. The van der Waals surface area contributed by atoms with Crippen molar-refractivity contribution in [2.75, 3.05) is 6.61 Å². The van der Waals surface area contributed by atoms with E-state index in [0.717, 1.165) is 5.69 Å². The second-order valence-electron chi connectivity index (χ2n) is 16.0. The summed E-state index contributed by atoms with van der Waals surface area (Å²) in [7, 11) is 0. The van der Waals surface area contributed by atoms with Crippen molar-refractivity contribution in [3.05, 3.63) is 11.8 Å². The molecule has 45 heavy (non-hydrogen) atoms. The molecular formula is C33H54N2O10. The molecule has 0 N–H and O–H groups in total. The monoisotopic (exact) mass is 638 g/mol. The number of esters is 4. The zero-order valence-corrected chi connectivity index (χ0v) is 29.7. The number of ether oxygens (including phenoxy) is 6. The van der Waals surface area contributed by atoms with E-state index >= 15 is 0 Å². The summed E-state index contributed by atoms with van der Waals surface area (Å²) < 4.78 is 37.9. The standard InChI is InChI=1S/C33H54N2O10/c1-18(2)35-19(3)16-21(34-35)42-25-24(45-29(39)33(13,14)15)23(44-28(38)32(10,11)12)22(43-27(37)31(7,8)9)20(41-25)17-40-26(36)30(4,5)6/h16,18,20,22-25H,17H2,1-15H3/t20-,22-,23+,24-,25+/m1/s1. The van der Waals surface area contributed by atoms with Crippen molar-refractivity contribution in [3.63, 3.8) is 0 Å². The third-order valence-corrected chi connectivity index (χ3v) is 6.77. The molecule has 2 rings (SSSR count). The van der Waals surface area contributed by atoms with Crippen molar-refractivity contribution in [3.8, 4) is 5.88 Å². The number of hydrogen-bond acceptors (Lipinski definition) is 11. The van der Waals surface area contributed by atoms with Crippen LogP contribution in [0.4, 0.5) is 0 Å². The van der Waals surface area contributed by atoms with Crippen LogP contribution < -0.4 is 4.74 Å². The van der Waals surface area contributed by atoms with E-state index in [1.807, 2.05) is 20.8 Å². The van der Waals surface area contributed by atoms with Gasteiger partial charge in [0.15, 0.2) is 12.2 Å². The first kappa shape index (κ1) is 38.0. The van der Waals surface area contributed by atoms with Crippen LogP contribution >= 0.6 is 0 Å². The van der Waals surface area contributed by atoms with Gasteiger partial charge in [-0.1, -0.05) is 0 Å². The fourth-order valence-corrected chi connectivity index (χ4v) is 3.94. The Morgan fingerprint density at radius 2 is 1.16 bits per heavy atom. The first-order valence-electron chi connectivity index (χ1n) is 15.4. The molecule has 0 saturated carbocycles. The Labute approximate surface area is 267 Å². The summed E-state index contributed by atoms with van der Waals surface area (Å²) in [5.74, 6) is -2.28. The van der Waals surface area contributed by atoms with Crippen molar-refractivity contribution in [2.45, 2.75) is 141 Å². The summed E-state index contributed by atoms with van der Waals surface area (Å²) >= 11 is 0. The second kappa shape index (κ2) is 13.7. The molecule has 12 nitrogen and oxygen atoms in total. The average molecular weight is 639 g/mol. The van der Waals surface area contributed by atoms with Crippen molar-refractivity contribution in [1.29, 1.82) is 0 Å². The van der Waals surface area contributed by atoms with E-state index in [-0.39, 0.29) is 18.5 Å². The molecule has 12 heteroatoms. The lowest BCUT2D eigenvalue weighted by atomic mass is 9.93. The maximum Gasteiger partial charge on any atom is 0.311 e. The topological polar surface area (TPSA) is 141 Å². The SMILES string of the molecule is Cc1cc(O[C@@H]2O[C@H](COC(=O)C(C)(C)C)[C@@H](OC(=O)C(C)(C)C)[C@H](OC(=O)C(C)(C)C)[C@H]2OC(=O)C(C)(C)C)nn1C(C)C. The molecule has 0 unspecified atom stereocenters.